The fraction of sp³-hybridized carbons (Fsp3) is 0.409. The van der Waals surface area contributed by atoms with Gasteiger partial charge in [0.2, 0.25) is 5.91 Å². The van der Waals surface area contributed by atoms with Crippen molar-refractivity contribution in [3.63, 3.8) is 0 Å². The third-order valence-electron chi connectivity index (χ3n) is 5.56. The zero-order chi connectivity index (χ0) is 21.3. The Morgan fingerprint density at radius 3 is 2.90 bits per heavy atom. The van der Waals surface area contributed by atoms with E-state index in [1.54, 1.807) is 0 Å². The van der Waals surface area contributed by atoms with Gasteiger partial charge in [0.05, 0.1) is 19.2 Å². The van der Waals surface area contributed by atoms with Gasteiger partial charge in [0.25, 0.3) is 0 Å². The van der Waals surface area contributed by atoms with Gasteiger partial charge in [-0.25, -0.2) is 9.78 Å². The minimum Gasteiger partial charge on any atom is -0.465 e. The van der Waals surface area contributed by atoms with Gasteiger partial charge < -0.3 is 14.5 Å². The highest BCUT2D eigenvalue weighted by Crippen LogP contribution is 2.33. The molecule has 1 aromatic carbocycles. The van der Waals surface area contributed by atoms with E-state index in [0.29, 0.717) is 17.1 Å². The van der Waals surface area contributed by atoms with Crippen LogP contribution in [0.3, 0.4) is 0 Å². The van der Waals surface area contributed by atoms with E-state index in [-0.39, 0.29) is 18.4 Å². The lowest BCUT2D eigenvalue weighted by Gasteiger charge is -2.30. The Morgan fingerprint density at radius 2 is 2.13 bits per heavy atom. The van der Waals surface area contributed by atoms with Crippen LogP contribution in [0.5, 0.6) is 0 Å². The average molecular weight is 428 g/mol. The summed E-state index contributed by atoms with van der Waals surface area (Å²) in [4.78, 5) is 32.6. The van der Waals surface area contributed by atoms with Gasteiger partial charge in [0.1, 0.15) is 10.5 Å². The Bertz CT molecular complexity index is 1050. The van der Waals surface area contributed by atoms with Gasteiger partial charge in [-0.2, -0.15) is 0 Å². The first kappa shape index (κ1) is 20.6. The van der Waals surface area contributed by atoms with Crippen molar-refractivity contribution in [3.8, 4) is 0 Å². The van der Waals surface area contributed by atoms with Crippen molar-refractivity contribution in [2.24, 2.45) is 0 Å². The molecule has 1 amide bonds. The summed E-state index contributed by atoms with van der Waals surface area (Å²) in [5.41, 5.74) is 2.94. The summed E-state index contributed by atoms with van der Waals surface area (Å²) in [6, 6.07) is 7.75. The van der Waals surface area contributed by atoms with Crippen LogP contribution in [-0.2, 0) is 9.53 Å². The van der Waals surface area contributed by atoms with Crippen molar-refractivity contribution in [2.45, 2.75) is 32.6 Å². The van der Waals surface area contributed by atoms with Gasteiger partial charge in [-0.05, 0) is 50.9 Å². The number of benzene rings is 1. The number of ether oxygens (including phenoxy) is 1. The molecule has 1 saturated heterocycles. The molecule has 3 aromatic rings. The average Bonchev–Trinajstić information content (AvgIpc) is 3.28. The van der Waals surface area contributed by atoms with Gasteiger partial charge >= 0.3 is 5.97 Å². The van der Waals surface area contributed by atoms with E-state index in [0.717, 1.165) is 46.8 Å². The predicted molar refractivity (Wildman–Crippen MR) is 116 cm³/mol. The second kappa shape index (κ2) is 8.57. The highest BCUT2D eigenvalue weighted by molar-refractivity contribution is 7.16. The SMILES string of the molecule is COC(=O)c1c(NC(=O)CN2CCCC(c3nc4ccccc4o3)C2)sc(C)c1C. The smallest absolute Gasteiger partial charge is 0.341 e. The van der Waals surface area contributed by atoms with Crippen molar-refractivity contribution in [1.82, 2.24) is 9.88 Å². The quantitative estimate of drug-likeness (QED) is 0.617. The number of aromatic nitrogens is 1. The number of rotatable bonds is 5. The van der Waals surface area contributed by atoms with Gasteiger partial charge in [-0.15, -0.1) is 11.3 Å². The highest BCUT2D eigenvalue weighted by atomic mass is 32.1. The first-order valence-corrected chi connectivity index (χ1v) is 10.8. The van der Waals surface area contributed by atoms with Crippen LogP contribution in [0.25, 0.3) is 11.1 Å². The molecule has 3 heterocycles. The van der Waals surface area contributed by atoms with Crippen LogP contribution < -0.4 is 5.32 Å². The third-order valence-corrected chi connectivity index (χ3v) is 6.68. The molecule has 7 nitrogen and oxygen atoms in total. The molecule has 4 rings (SSSR count). The molecule has 0 radical (unpaired) electrons. The number of carbonyl (C=O) groups is 2. The van der Waals surface area contributed by atoms with Crippen molar-refractivity contribution < 1.29 is 18.7 Å². The summed E-state index contributed by atoms with van der Waals surface area (Å²) in [7, 11) is 1.35. The summed E-state index contributed by atoms with van der Waals surface area (Å²) in [6.45, 7) is 5.61. The maximum absolute atomic E-state index is 12.7. The van der Waals surface area contributed by atoms with Crippen LogP contribution in [0, 0.1) is 13.8 Å². The summed E-state index contributed by atoms with van der Waals surface area (Å²) < 4.78 is 10.8. The van der Waals surface area contributed by atoms with E-state index in [1.807, 2.05) is 38.1 Å². The van der Waals surface area contributed by atoms with E-state index in [1.165, 1.54) is 18.4 Å². The first-order chi connectivity index (χ1) is 14.5. The number of methoxy groups -OCH3 is 1. The number of para-hydroxylation sites is 2. The van der Waals surface area contributed by atoms with E-state index in [2.05, 4.69) is 15.2 Å². The Morgan fingerprint density at radius 1 is 1.33 bits per heavy atom. The predicted octanol–water partition coefficient (Wildman–Crippen LogP) is 4.11. The highest BCUT2D eigenvalue weighted by Gasteiger charge is 2.27. The zero-order valence-electron chi connectivity index (χ0n) is 17.4. The summed E-state index contributed by atoms with van der Waals surface area (Å²) in [5, 5.41) is 3.46. The van der Waals surface area contributed by atoms with Crippen LogP contribution in [0.1, 0.15) is 45.4 Å². The van der Waals surface area contributed by atoms with E-state index < -0.39 is 5.97 Å². The zero-order valence-corrected chi connectivity index (χ0v) is 18.2. The number of likely N-dealkylation sites (tertiary alicyclic amines) is 1. The molecule has 30 heavy (non-hydrogen) atoms. The molecule has 1 fully saturated rings. The van der Waals surface area contributed by atoms with Crippen LogP contribution in [0.15, 0.2) is 28.7 Å². The molecule has 1 N–H and O–H groups in total. The number of aryl methyl sites for hydroxylation is 1. The molecule has 8 heteroatoms. The number of esters is 1. The lowest BCUT2D eigenvalue weighted by atomic mass is 9.98. The van der Waals surface area contributed by atoms with Gasteiger partial charge in [0.15, 0.2) is 11.5 Å². The number of piperidine rings is 1. The molecular formula is C22H25N3O4S. The number of nitrogens with one attached hydrogen (secondary N) is 1. The number of anilines is 1. The maximum atomic E-state index is 12.7. The molecule has 158 valence electrons. The molecule has 0 bridgehead atoms. The maximum Gasteiger partial charge on any atom is 0.341 e. The Hall–Kier alpha value is -2.71. The standard InChI is InChI=1S/C22H25N3O4S/c1-13-14(2)30-21(19(13)22(27)28-3)24-18(26)12-25-10-6-7-15(11-25)20-23-16-8-4-5-9-17(16)29-20/h4-5,8-9,15H,6-7,10-12H2,1-3H3,(H,24,26). The van der Waals surface area contributed by atoms with Gasteiger partial charge in [-0.1, -0.05) is 12.1 Å². The summed E-state index contributed by atoms with van der Waals surface area (Å²) >= 11 is 1.40. The van der Waals surface area contributed by atoms with Crippen molar-refractivity contribution in [3.05, 3.63) is 46.2 Å². The molecule has 0 aliphatic carbocycles. The van der Waals surface area contributed by atoms with Crippen LogP contribution in [0.2, 0.25) is 0 Å². The van der Waals surface area contributed by atoms with E-state index in [9.17, 15) is 9.59 Å². The second-order valence-corrected chi connectivity index (χ2v) is 8.85. The largest absolute Gasteiger partial charge is 0.465 e. The van der Waals surface area contributed by atoms with Crippen molar-refractivity contribution in [1.29, 1.82) is 0 Å². The number of hydrogen-bond donors (Lipinski definition) is 1. The fourth-order valence-electron chi connectivity index (χ4n) is 3.90. The van der Waals surface area contributed by atoms with Crippen LogP contribution in [-0.4, -0.2) is 48.5 Å². The number of carbonyl (C=O) groups excluding carboxylic acids is 2. The second-order valence-electron chi connectivity index (χ2n) is 7.62. The minimum atomic E-state index is -0.429. The van der Waals surface area contributed by atoms with Crippen molar-refractivity contribution in [2.75, 3.05) is 32.1 Å². The van der Waals surface area contributed by atoms with Crippen LogP contribution >= 0.6 is 11.3 Å². The molecule has 1 aliphatic rings. The van der Waals surface area contributed by atoms with E-state index >= 15 is 0 Å². The molecule has 1 atom stereocenters. The molecule has 0 saturated carbocycles. The topological polar surface area (TPSA) is 84.7 Å². The number of thiophene rings is 1. The molecule has 0 spiro atoms. The first-order valence-electron chi connectivity index (χ1n) is 10.0. The van der Waals surface area contributed by atoms with E-state index in [4.69, 9.17) is 9.15 Å². The molecule has 1 aliphatic heterocycles. The lowest BCUT2D eigenvalue weighted by Crippen LogP contribution is -2.39. The summed E-state index contributed by atoms with van der Waals surface area (Å²) in [6.07, 6.45) is 1.96. The number of fused-ring (bicyclic) bond motifs is 1. The number of hydrogen-bond acceptors (Lipinski definition) is 7. The molecule has 1 unspecified atom stereocenters. The number of amides is 1. The minimum absolute atomic E-state index is 0.139. The number of oxazole rings is 1. The summed E-state index contributed by atoms with van der Waals surface area (Å²) in [5.74, 6) is 0.329. The Kier molecular flexibility index (Phi) is 5.87. The third kappa shape index (κ3) is 4.11. The van der Waals surface area contributed by atoms with Gasteiger partial charge in [-0.3, -0.25) is 9.69 Å². The normalized spacial score (nSPS) is 17.2. The molecular weight excluding hydrogens is 402 g/mol. The van der Waals surface area contributed by atoms with Crippen LogP contribution in [0.4, 0.5) is 5.00 Å². The monoisotopic (exact) mass is 427 g/mol. The Balaban J connectivity index is 1.42. The van der Waals surface area contributed by atoms with Crippen molar-refractivity contribution >= 4 is 39.3 Å². The number of nitrogens with zero attached hydrogens (tertiary/aromatic N) is 2. The Labute approximate surface area is 179 Å². The lowest BCUT2D eigenvalue weighted by molar-refractivity contribution is -0.117. The molecule has 2 aromatic heterocycles. The fourth-order valence-corrected chi connectivity index (χ4v) is 4.96. The van der Waals surface area contributed by atoms with Gasteiger partial charge in [0, 0.05) is 17.3 Å².